The van der Waals surface area contributed by atoms with E-state index in [1.807, 2.05) is 31.2 Å². The molecule has 0 saturated carbocycles. The highest BCUT2D eigenvalue weighted by Gasteiger charge is 2.03. The van der Waals surface area contributed by atoms with Crippen molar-refractivity contribution in [3.8, 4) is 0 Å². The quantitative estimate of drug-likeness (QED) is 0.605. The molecule has 0 aliphatic carbocycles. The lowest BCUT2D eigenvalue weighted by Crippen LogP contribution is -1.93. The maximum Gasteiger partial charge on any atom is 0.145 e. The number of benzene rings is 2. The molecule has 2 aromatic carbocycles. The molecule has 0 spiro atoms. The maximum absolute atomic E-state index is 13.3. The second-order valence-electron chi connectivity index (χ2n) is 4.15. The van der Waals surface area contributed by atoms with Gasteiger partial charge in [0, 0.05) is 11.6 Å². The van der Waals surface area contributed by atoms with Crippen molar-refractivity contribution in [3.63, 3.8) is 0 Å². The molecule has 0 aromatic heterocycles. The van der Waals surface area contributed by atoms with Gasteiger partial charge in [-0.25, -0.2) is 8.78 Å². The van der Waals surface area contributed by atoms with Crippen LogP contribution in [0.2, 0.25) is 0 Å². The molecule has 0 aliphatic rings. The molecular weight excluding hydrogens is 248 g/mol. The molecular formula is C15H13F2NO. The highest BCUT2D eigenvalue weighted by Crippen LogP contribution is 2.10. The molecule has 0 bridgehead atoms. The van der Waals surface area contributed by atoms with Crippen LogP contribution in [0.1, 0.15) is 16.7 Å². The number of nitrogens with zero attached hydrogens (tertiary/aromatic N) is 1. The Hall–Kier alpha value is -2.23. The summed E-state index contributed by atoms with van der Waals surface area (Å²) >= 11 is 0. The van der Waals surface area contributed by atoms with Crippen LogP contribution in [-0.2, 0) is 11.4 Å². The average molecular weight is 261 g/mol. The molecule has 0 heterocycles. The lowest BCUT2D eigenvalue weighted by atomic mass is 10.2. The third-order valence-corrected chi connectivity index (χ3v) is 2.59. The highest BCUT2D eigenvalue weighted by atomic mass is 19.1. The van der Waals surface area contributed by atoms with E-state index in [0.29, 0.717) is 0 Å². The van der Waals surface area contributed by atoms with Gasteiger partial charge in [0.25, 0.3) is 0 Å². The Morgan fingerprint density at radius 1 is 1.11 bits per heavy atom. The molecule has 0 radical (unpaired) electrons. The van der Waals surface area contributed by atoms with Crippen LogP contribution in [0.4, 0.5) is 8.78 Å². The lowest BCUT2D eigenvalue weighted by molar-refractivity contribution is 0.129. The van der Waals surface area contributed by atoms with E-state index in [2.05, 4.69) is 5.16 Å². The summed E-state index contributed by atoms with van der Waals surface area (Å²) in [4.78, 5) is 4.98. The first-order chi connectivity index (χ1) is 9.15. The predicted octanol–water partition coefficient (Wildman–Crippen LogP) is 3.82. The van der Waals surface area contributed by atoms with Gasteiger partial charge in [-0.15, -0.1) is 0 Å². The Balaban J connectivity index is 1.91. The van der Waals surface area contributed by atoms with Crippen molar-refractivity contribution in [1.82, 2.24) is 0 Å². The minimum Gasteiger partial charge on any atom is -0.391 e. The van der Waals surface area contributed by atoms with Gasteiger partial charge >= 0.3 is 0 Å². The smallest absolute Gasteiger partial charge is 0.145 e. The van der Waals surface area contributed by atoms with Crippen LogP contribution in [0.25, 0.3) is 0 Å². The van der Waals surface area contributed by atoms with E-state index in [4.69, 9.17) is 4.84 Å². The first-order valence-corrected chi connectivity index (χ1v) is 5.81. The molecule has 98 valence electrons. The Labute approximate surface area is 110 Å². The van der Waals surface area contributed by atoms with Crippen molar-refractivity contribution in [1.29, 1.82) is 0 Å². The summed E-state index contributed by atoms with van der Waals surface area (Å²) in [5, 5.41) is 3.74. The topological polar surface area (TPSA) is 21.6 Å². The fourth-order valence-electron chi connectivity index (χ4n) is 1.50. The van der Waals surface area contributed by atoms with Crippen LogP contribution in [0.15, 0.2) is 47.6 Å². The first kappa shape index (κ1) is 13.2. The summed E-state index contributed by atoms with van der Waals surface area (Å²) < 4.78 is 26.0. The van der Waals surface area contributed by atoms with Crippen molar-refractivity contribution < 1.29 is 13.6 Å². The van der Waals surface area contributed by atoms with Gasteiger partial charge in [-0.1, -0.05) is 35.0 Å². The monoisotopic (exact) mass is 261 g/mol. The summed E-state index contributed by atoms with van der Waals surface area (Å²) in [5.41, 5.74) is 2.32. The summed E-state index contributed by atoms with van der Waals surface area (Å²) in [6, 6.07) is 11.1. The number of rotatable bonds is 4. The van der Waals surface area contributed by atoms with E-state index in [9.17, 15) is 8.78 Å². The molecule has 0 N–H and O–H groups in total. The van der Waals surface area contributed by atoms with Gasteiger partial charge in [-0.3, -0.25) is 0 Å². The van der Waals surface area contributed by atoms with Gasteiger partial charge in [-0.2, -0.15) is 0 Å². The van der Waals surface area contributed by atoms with Gasteiger partial charge in [0.2, 0.25) is 0 Å². The van der Waals surface area contributed by atoms with E-state index in [-0.39, 0.29) is 12.2 Å². The van der Waals surface area contributed by atoms with Crippen molar-refractivity contribution >= 4 is 6.21 Å². The molecule has 0 fully saturated rings. The fraction of sp³-hybridized carbons (Fsp3) is 0.133. The third kappa shape index (κ3) is 3.88. The average Bonchev–Trinajstić information content (AvgIpc) is 2.39. The normalized spacial score (nSPS) is 10.9. The number of hydrogen-bond acceptors (Lipinski definition) is 2. The summed E-state index contributed by atoms with van der Waals surface area (Å²) in [6.45, 7) is 1.96. The Bertz CT molecular complexity index is 579. The van der Waals surface area contributed by atoms with Gasteiger partial charge in [0.05, 0.1) is 6.21 Å². The largest absolute Gasteiger partial charge is 0.391 e. The molecule has 19 heavy (non-hydrogen) atoms. The van der Waals surface area contributed by atoms with Crippen LogP contribution in [0.5, 0.6) is 0 Å². The van der Waals surface area contributed by atoms with Crippen LogP contribution in [0.3, 0.4) is 0 Å². The first-order valence-electron chi connectivity index (χ1n) is 5.81. The zero-order valence-electron chi connectivity index (χ0n) is 10.4. The zero-order chi connectivity index (χ0) is 13.7. The van der Waals surface area contributed by atoms with Crippen LogP contribution in [0, 0.1) is 18.6 Å². The van der Waals surface area contributed by atoms with Crippen molar-refractivity contribution in [2.45, 2.75) is 13.5 Å². The number of oxime groups is 1. The Morgan fingerprint density at radius 2 is 1.84 bits per heavy atom. The van der Waals surface area contributed by atoms with Crippen molar-refractivity contribution in [3.05, 3.63) is 70.8 Å². The molecule has 2 nitrogen and oxygen atoms in total. The molecule has 2 aromatic rings. The van der Waals surface area contributed by atoms with Crippen molar-refractivity contribution in [2.75, 3.05) is 0 Å². The number of halogens is 2. The second-order valence-corrected chi connectivity index (χ2v) is 4.15. The summed E-state index contributed by atoms with van der Waals surface area (Å²) in [7, 11) is 0. The van der Waals surface area contributed by atoms with E-state index < -0.39 is 11.6 Å². The van der Waals surface area contributed by atoms with Crippen LogP contribution < -0.4 is 0 Å². The minimum atomic E-state index is -0.634. The molecule has 0 saturated heterocycles. The minimum absolute atomic E-state index is 0.0333. The molecule has 0 unspecified atom stereocenters. The highest BCUT2D eigenvalue weighted by molar-refractivity contribution is 5.79. The van der Waals surface area contributed by atoms with Gasteiger partial charge < -0.3 is 4.84 Å². The summed E-state index contributed by atoms with van der Waals surface area (Å²) in [6.07, 6.45) is 1.54. The lowest BCUT2D eigenvalue weighted by Gasteiger charge is -2.01. The van der Waals surface area contributed by atoms with E-state index in [1.54, 1.807) is 6.21 Å². The number of aryl methyl sites for hydroxylation is 1. The Kier molecular flexibility index (Phi) is 4.23. The maximum atomic E-state index is 13.3. The standard InChI is InChI=1S/C15H13F2NO/c1-11-2-4-12(5-3-11)9-18-19-10-13-6-7-14(16)8-15(13)17/h2-9H,10H2,1H3. The van der Waals surface area contributed by atoms with Crippen LogP contribution in [-0.4, -0.2) is 6.21 Å². The molecule has 0 atom stereocenters. The van der Waals surface area contributed by atoms with Gasteiger partial charge in [0.1, 0.15) is 18.2 Å². The van der Waals surface area contributed by atoms with E-state index in [0.717, 1.165) is 17.2 Å². The third-order valence-electron chi connectivity index (χ3n) is 2.59. The van der Waals surface area contributed by atoms with E-state index in [1.165, 1.54) is 12.1 Å². The molecule has 0 aliphatic heterocycles. The summed E-state index contributed by atoms with van der Waals surface area (Å²) in [5.74, 6) is -1.24. The fourth-order valence-corrected chi connectivity index (χ4v) is 1.50. The van der Waals surface area contributed by atoms with E-state index >= 15 is 0 Å². The zero-order valence-corrected chi connectivity index (χ0v) is 10.4. The molecule has 0 amide bonds. The SMILES string of the molecule is Cc1ccc(C=NOCc2ccc(F)cc2F)cc1. The number of hydrogen-bond donors (Lipinski definition) is 0. The molecule has 4 heteroatoms. The van der Waals surface area contributed by atoms with Crippen LogP contribution >= 0.6 is 0 Å². The predicted molar refractivity (Wildman–Crippen MR) is 69.9 cm³/mol. The molecule has 2 rings (SSSR count). The van der Waals surface area contributed by atoms with Gasteiger partial charge in [-0.05, 0) is 24.6 Å². The second kappa shape index (κ2) is 6.09. The Morgan fingerprint density at radius 3 is 2.53 bits per heavy atom. The van der Waals surface area contributed by atoms with Gasteiger partial charge in [0.15, 0.2) is 0 Å². The van der Waals surface area contributed by atoms with Crippen molar-refractivity contribution in [2.24, 2.45) is 5.16 Å².